The summed E-state index contributed by atoms with van der Waals surface area (Å²) in [6.07, 6.45) is -5.22. The third kappa shape index (κ3) is 11.9. The van der Waals surface area contributed by atoms with Gasteiger partial charge in [0.2, 0.25) is 11.7 Å². The van der Waals surface area contributed by atoms with E-state index >= 15 is 0 Å². The van der Waals surface area contributed by atoms with Crippen molar-refractivity contribution in [3.05, 3.63) is 0 Å². The fourth-order valence-electron chi connectivity index (χ4n) is 5.79. The summed E-state index contributed by atoms with van der Waals surface area (Å²) in [5, 5.41) is 2.73. The number of epoxide rings is 1. The average molecular weight is 704 g/mol. The lowest BCUT2D eigenvalue weighted by Gasteiger charge is -2.48. The zero-order valence-electron chi connectivity index (χ0n) is 29.1. The minimum absolute atomic E-state index is 0.0512. The average Bonchev–Trinajstić information content (AvgIpc) is 3.76. The first kappa shape index (κ1) is 40.1. The van der Waals surface area contributed by atoms with Gasteiger partial charge < -0.3 is 52.7 Å². The van der Waals surface area contributed by atoms with E-state index in [4.69, 9.17) is 47.4 Å². The second kappa shape index (κ2) is 18.6. The SMILES string of the molecule is CCCCCCCCO[C@@H]1O[C@]2(CO2)[C@@H](O[C@@H]2O[C@H](COC(C)=O)[C@H](OC(C)=O)[C@H](OC(C)=O)[C@H]2OC(C)=O)[C@H](OC(C)=O)[C@H]1NC(C)=O. The Morgan fingerprint density at radius 2 is 1.24 bits per heavy atom. The third-order valence-corrected chi connectivity index (χ3v) is 7.80. The van der Waals surface area contributed by atoms with E-state index in [0.717, 1.165) is 66.7 Å². The van der Waals surface area contributed by atoms with Gasteiger partial charge in [0.1, 0.15) is 25.4 Å². The number of nitrogens with one attached hydrogen (secondary N) is 1. The van der Waals surface area contributed by atoms with Crippen LogP contribution in [0.2, 0.25) is 0 Å². The number of rotatable bonds is 17. The first-order chi connectivity index (χ1) is 23.2. The van der Waals surface area contributed by atoms with Crippen LogP contribution in [0.25, 0.3) is 0 Å². The van der Waals surface area contributed by atoms with Gasteiger partial charge in [-0.2, -0.15) is 0 Å². The van der Waals surface area contributed by atoms with Crippen molar-refractivity contribution >= 4 is 35.8 Å². The van der Waals surface area contributed by atoms with Gasteiger partial charge >= 0.3 is 29.8 Å². The third-order valence-electron chi connectivity index (χ3n) is 7.80. The summed E-state index contributed by atoms with van der Waals surface area (Å²) in [5.74, 6) is -5.96. The zero-order valence-corrected chi connectivity index (χ0v) is 29.1. The highest BCUT2D eigenvalue weighted by atomic mass is 16.9. The second-order valence-corrected chi connectivity index (χ2v) is 12.2. The Bertz CT molecular complexity index is 1170. The Balaban J connectivity index is 1.98. The zero-order chi connectivity index (χ0) is 36.3. The monoisotopic (exact) mass is 703 g/mol. The van der Waals surface area contributed by atoms with Crippen LogP contribution in [0.5, 0.6) is 0 Å². The highest BCUT2D eigenvalue weighted by molar-refractivity contribution is 5.73. The van der Waals surface area contributed by atoms with Gasteiger partial charge in [-0.25, -0.2) is 0 Å². The fourth-order valence-corrected chi connectivity index (χ4v) is 5.79. The van der Waals surface area contributed by atoms with E-state index in [-0.39, 0.29) is 13.2 Å². The van der Waals surface area contributed by atoms with Crippen molar-refractivity contribution in [2.45, 2.75) is 148 Å². The van der Waals surface area contributed by atoms with Gasteiger partial charge in [0.25, 0.3) is 0 Å². The fraction of sp³-hybridized carbons (Fsp3) is 0.812. The molecule has 3 heterocycles. The lowest BCUT2D eigenvalue weighted by Crippen LogP contribution is -2.69. The van der Waals surface area contributed by atoms with Crippen molar-refractivity contribution in [1.29, 1.82) is 0 Å². The highest BCUT2D eigenvalue weighted by Gasteiger charge is 2.68. The number of esters is 5. The summed E-state index contributed by atoms with van der Waals surface area (Å²) in [6.45, 7) is 8.72. The molecule has 0 aromatic heterocycles. The molecular weight excluding hydrogens is 654 g/mol. The smallest absolute Gasteiger partial charge is 0.303 e. The molecule has 1 amide bonds. The quantitative estimate of drug-likeness (QED) is 0.0981. The molecule has 0 saturated carbocycles. The molecule has 3 aliphatic heterocycles. The summed E-state index contributed by atoms with van der Waals surface area (Å²) in [5.41, 5.74) is 0. The van der Waals surface area contributed by atoms with Crippen LogP contribution in [0.3, 0.4) is 0 Å². The van der Waals surface area contributed by atoms with Crippen LogP contribution < -0.4 is 5.32 Å². The largest absolute Gasteiger partial charge is 0.463 e. The predicted octanol–water partition coefficient (Wildman–Crippen LogP) is 1.35. The lowest BCUT2D eigenvalue weighted by atomic mass is 9.94. The summed E-state index contributed by atoms with van der Waals surface area (Å²) >= 11 is 0. The van der Waals surface area contributed by atoms with Gasteiger partial charge in [-0.3, -0.25) is 28.8 Å². The Kier molecular flexibility index (Phi) is 15.2. The molecule has 3 aliphatic rings. The van der Waals surface area contributed by atoms with E-state index in [1.807, 2.05) is 0 Å². The molecule has 3 rings (SSSR count). The molecule has 17 nitrogen and oxygen atoms in total. The second-order valence-electron chi connectivity index (χ2n) is 12.2. The standard InChI is InChI=1S/C32H49NO16/c1-8-9-10-11-12-13-14-40-30-24(33-17(2)34)26(44-20(5)37)29(32(49-30)16-42-32)48-31-28(46-22(7)39)27(45-21(6)38)25(43-19(4)36)23(47-31)15-41-18(3)35/h23-31H,8-16H2,1-7H3,(H,33,34)/t23-,24-,25+,26-,27+,28-,29+,30-,31+,32-/m1/s1. The van der Waals surface area contributed by atoms with Crippen molar-refractivity contribution < 1.29 is 76.1 Å². The topological polar surface area (TPSA) is 210 Å². The Hall–Kier alpha value is -3.38. The van der Waals surface area contributed by atoms with E-state index in [2.05, 4.69) is 12.2 Å². The lowest BCUT2D eigenvalue weighted by molar-refractivity contribution is -0.364. The van der Waals surface area contributed by atoms with Crippen LogP contribution in [0.15, 0.2) is 0 Å². The molecule has 0 aliphatic carbocycles. The van der Waals surface area contributed by atoms with Crippen molar-refractivity contribution in [1.82, 2.24) is 5.32 Å². The molecule has 1 spiro atoms. The predicted molar refractivity (Wildman–Crippen MR) is 163 cm³/mol. The summed E-state index contributed by atoms with van der Waals surface area (Å²) in [7, 11) is 0. The van der Waals surface area contributed by atoms with Gasteiger partial charge in [-0.15, -0.1) is 0 Å². The van der Waals surface area contributed by atoms with Gasteiger partial charge in [0.15, 0.2) is 43.1 Å². The van der Waals surface area contributed by atoms with Crippen LogP contribution in [0, 0.1) is 0 Å². The molecule has 0 radical (unpaired) electrons. The molecule has 0 bridgehead atoms. The molecule has 1 N–H and O–H groups in total. The number of carbonyl (C=O) groups excluding carboxylic acids is 6. The van der Waals surface area contributed by atoms with Crippen molar-refractivity contribution in [3.8, 4) is 0 Å². The van der Waals surface area contributed by atoms with Crippen LogP contribution in [0.1, 0.15) is 87.0 Å². The molecule has 10 atom stereocenters. The molecule has 3 fully saturated rings. The van der Waals surface area contributed by atoms with E-state index in [1.165, 1.54) is 6.92 Å². The number of unbranched alkanes of at least 4 members (excludes halogenated alkanes) is 5. The molecule has 17 heteroatoms. The molecule has 0 aromatic carbocycles. The van der Waals surface area contributed by atoms with Crippen LogP contribution >= 0.6 is 0 Å². The molecule has 0 aromatic rings. The Morgan fingerprint density at radius 1 is 0.694 bits per heavy atom. The number of hydrogen-bond donors (Lipinski definition) is 1. The number of ether oxygens (including phenoxy) is 10. The van der Waals surface area contributed by atoms with Gasteiger partial charge in [-0.1, -0.05) is 39.0 Å². The summed E-state index contributed by atoms with van der Waals surface area (Å²) < 4.78 is 57.8. The van der Waals surface area contributed by atoms with Crippen molar-refractivity contribution in [3.63, 3.8) is 0 Å². The summed E-state index contributed by atoms with van der Waals surface area (Å²) in [6, 6.07) is -1.10. The van der Waals surface area contributed by atoms with Crippen molar-refractivity contribution in [2.75, 3.05) is 19.8 Å². The number of carbonyl (C=O) groups is 6. The van der Waals surface area contributed by atoms with Crippen molar-refractivity contribution in [2.24, 2.45) is 0 Å². The Morgan fingerprint density at radius 3 is 1.80 bits per heavy atom. The molecule has 49 heavy (non-hydrogen) atoms. The first-order valence-corrected chi connectivity index (χ1v) is 16.5. The first-order valence-electron chi connectivity index (χ1n) is 16.5. The molecule has 0 unspecified atom stereocenters. The van der Waals surface area contributed by atoms with E-state index in [9.17, 15) is 28.8 Å². The molecule has 278 valence electrons. The number of hydrogen-bond acceptors (Lipinski definition) is 16. The highest BCUT2D eigenvalue weighted by Crippen LogP contribution is 2.45. The summed E-state index contributed by atoms with van der Waals surface area (Å²) in [4.78, 5) is 73.3. The van der Waals surface area contributed by atoms with Gasteiger partial charge in [0.05, 0.1) is 0 Å². The number of amides is 1. The maximum Gasteiger partial charge on any atom is 0.303 e. The van der Waals surface area contributed by atoms with Gasteiger partial charge in [-0.05, 0) is 6.42 Å². The maximum absolute atomic E-state index is 12.5. The minimum Gasteiger partial charge on any atom is -0.463 e. The van der Waals surface area contributed by atoms with Crippen LogP contribution in [-0.2, 0) is 76.1 Å². The molecular formula is C32H49NO16. The van der Waals surface area contributed by atoms with E-state index in [1.54, 1.807) is 0 Å². The molecule has 3 saturated heterocycles. The van der Waals surface area contributed by atoms with Crippen LogP contribution in [-0.4, -0.2) is 117 Å². The van der Waals surface area contributed by atoms with E-state index < -0.39 is 103 Å². The minimum atomic E-state index is -1.65. The van der Waals surface area contributed by atoms with E-state index in [0.29, 0.717) is 6.42 Å². The Labute approximate surface area is 285 Å². The normalized spacial score (nSPS) is 32.0. The maximum atomic E-state index is 12.5. The van der Waals surface area contributed by atoms with Gasteiger partial charge in [0, 0.05) is 48.1 Å². The van der Waals surface area contributed by atoms with Crippen LogP contribution in [0.4, 0.5) is 0 Å².